The summed E-state index contributed by atoms with van der Waals surface area (Å²) < 4.78 is 11.6. The van der Waals surface area contributed by atoms with Gasteiger partial charge in [0.25, 0.3) is 5.91 Å². The number of amides is 3. The molecule has 3 heterocycles. The third-order valence-electron chi connectivity index (χ3n) is 6.78. The van der Waals surface area contributed by atoms with Gasteiger partial charge in [0.15, 0.2) is 0 Å². The molecule has 8 nitrogen and oxygen atoms in total. The lowest BCUT2D eigenvalue weighted by atomic mass is 9.91. The summed E-state index contributed by atoms with van der Waals surface area (Å²) in [6.45, 7) is 5.09. The van der Waals surface area contributed by atoms with Crippen molar-refractivity contribution in [3.63, 3.8) is 0 Å². The van der Waals surface area contributed by atoms with Gasteiger partial charge >= 0.3 is 0 Å². The molecule has 1 atom stereocenters. The van der Waals surface area contributed by atoms with Crippen LogP contribution < -0.4 is 15.5 Å². The number of hydrogen-bond acceptors (Lipinski definition) is 6. The molecule has 2 saturated heterocycles. The molecule has 34 heavy (non-hydrogen) atoms. The number of nitrogens with zero attached hydrogens (tertiary/aromatic N) is 2. The number of benzene rings is 2. The van der Waals surface area contributed by atoms with Gasteiger partial charge in [0, 0.05) is 37.2 Å². The molecule has 0 bridgehead atoms. The number of hydrogen-bond donors (Lipinski definition) is 1. The first-order chi connectivity index (χ1) is 16.5. The zero-order chi connectivity index (χ0) is 23.7. The van der Waals surface area contributed by atoms with Gasteiger partial charge in [-0.15, -0.1) is 0 Å². The van der Waals surface area contributed by atoms with Crippen LogP contribution in [-0.2, 0) is 34.0 Å². The number of ether oxygens (including phenoxy) is 2. The largest absolute Gasteiger partial charge is 0.489 e. The Bertz CT molecular complexity index is 1110. The van der Waals surface area contributed by atoms with Crippen LogP contribution in [0.3, 0.4) is 0 Å². The second kappa shape index (κ2) is 9.60. The van der Waals surface area contributed by atoms with Crippen LogP contribution in [0.1, 0.15) is 39.9 Å². The summed E-state index contributed by atoms with van der Waals surface area (Å²) in [4.78, 5) is 40.8. The monoisotopic (exact) mass is 461 g/mol. The quantitative estimate of drug-likeness (QED) is 0.486. The molecule has 0 radical (unpaired) electrons. The number of nitrogens with one attached hydrogen (secondary N) is 1. The van der Waals surface area contributed by atoms with Gasteiger partial charge in [-0.2, -0.15) is 0 Å². The van der Waals surface area contributed by atoms with Crippen molar-refractivity contribution in [1.82, 2.24) is 15.1 Å². The lowest BCUT2D eigenvalue weighted by molar-refractivity contribution is -0.136. The van der Waals surface area contributed by atoms with Crippen LogP contribution in [0.4, 0.5) is 0 Å². The molecule has 0 aliphatic carbocycles. The van der Waals surface area contributed by atoms with Gasteiger partial charge in [0.05, 0.1) is 19.8 Å². The Morgan fingerprint density at radius 3 is 2.50 bits per heavy atom. The molecule has 0 saturated carbocycles. The minimum absolute atomic E-state index is 0.193. The number of imide groups is 1. The number of fused-ring (bicyclic) bond motifs is 1. The van der Waals surface area contributed by atoms with E-state index in [-0.39, 0.29) is 18.2 Å². The average Bonchev–Trinajstić information content (AvgIpc) is 3.16. The van der Waals surface area contributed by atoms with Gasteiger partial charge in [0.2, 0.25) is 11.8 Å². The van der Waals surface area contributed by atoms with Crippen molar-refractivity contribution < 1.29 is 23.9 Å². The van der Waals surface area contributed by atoms with Crippen molar-refractivity contribution in [2.75, 3.05) is 26.3 Å². The van der Waals surface area contributed by atoms with Crippen LogP contribution >= 0.6 is 0 Å². The highest BCUT2D eigenvalue weighted by atomic mass is 16.5. The van der Waals surface area contributed by atoms with Crippen molar-refractivity contribution in [3.05, 3.63) is 58.7 Å². The standard InChI is InChI=1S/C25H28BN3O5/c26-20-6-5-18-19(14-29(25(18)32)21-7-8-22(30)27-24(21)31)23(20)34-15-17-3-1-16(2-4-17)13-28-9-11-33-12-10-28/h1-6,21H,7-15,26H2,(H,27,30,31). The summed E-state index contributed by atoms with van der Waals surface area (Å²) in [5.74, 6) is -0.199. The number of carbonyl (C=O) groups is 3. The fraction of sp³-hybridized carbons (Fsp3) is 0.400. The first-order valence-electron chi connectivity index (χ1n) is 11.8. The second-order valence-electron chi connectivity index (χ2n) is 9.13. The summed E-state index contributed by atoms with van der Waals surface area (Å²) in [7, 11) is 1.96. The Morgan fingerprint density at radius 2 is 1.76 bits per heavy atom. The highest BCUT2D eigenvalue weighted by molar-refractivity contribution is 6.34. The van der Waals surface area contributed by atoms with Crippen molar-refractivity contribution in [1.29, 1.82) is 0 Å². The Hall–Kier alpha value is -3.17. The maximum absolute atomic E-state index is 13.1. The van der Waals surface area contributed by atoms with Crippen molar-refractivity contribution in [3.8, 4) is 5.75 Å². The van der Waals surface area contributed by atoms with E-state index >= 15 is 0 Å². The molecule has 176 valence electrons. The van der Waals surface area contributed by atoms with Crippen LogP contribution in [0.5, 0.6) is 5.75 Å². The average molecular weight is 461 g/mol. The molecule has 2 aromatic carbocycles. The molecule has 1 unspecified atom stereocenters. The topological polar surface area (TPSA) is 88.2 Å². The molecule has 5 rings (SSSR count). The van der Waals surface area contributed by atoms with Crippen LogP contribution in [0.15, 0.2) is 36.4 Å². The first-order valence-corrected chi connectivity index (χ1v) is 11.8. The van der Waals surface area contributed by atoms with E-state index in [0.717, 1.165) is 49.4 Å². The normalized spacial score (nSPS) is 20.9. The van der Waals surface area contributed by atoms with Crippen molar-refractivity contribution >= 4 is 31.0 Å². The van der Waals surface area contributed by atoms with E-state index in [0.29, 0.717) is 30.9 Å². The molecular formula is C25H28BN3O5. The Morgan fingerprint density at radius 1 is 1.03 bits per heavy atom. The number of morpholine rings is 1. The molecule has 0 aromatic heterocycles. The molecule has 3 amide bonds. The van der Waals surface area contributed by atoms with E-state index in [1.165, 1.54) is 5.56 Å². The predicted molar refractivity (Wildman–Crippen MR) is 128 cm³/mol. The van der Waals surface area contributed by atoms with E-state index in [4.69, 9.17) is 9.47 Å². The van der Waals surface area contributed by atoms with E-state index in [1.54, 1.807) is 11.0 Å². The van der Waals surface area contributed by atoms with Crippen molar-refractivity contribution in [2.24, 2.45) is 0 Å². The fourth-order valence-corrected chi connectivity index (χ4v) is 4.85. The molecule has 3 aliphatic heterocycles. The third-order valence-corrected chi connectivity index (χ3v) is 6.78. The minimum atomic E-state index is -0.634. The number of carbonyl (C=O) groups excluding carboxylic acids is 3. The molecule has 1 N–H and O–H groups in total. The third kappa shape index (κ3) is 4.58. The molecule has 2 fully saturated rings. The zero-order valence-electron chi connectivity index (χ0n) is 19.3. The van der Waals surface area contributed by atoms with E-state index in [9.17, 15) is 14.4 Å². The lowest BCUT2D eigenvalue weighted by Gasteiger charge is -2.29. The van der Waals surface area contributed by atoms with E-state index in [2.05, 4.69) is 34.5 Å². The van der Waals surface area contributed by atoms with Gasteiger partial charge in [0.1, 0.15) is 26.2 Å². The smallest absolute Gasteiger partial charge is 0.255 e. The Balaban J connectivity index is 1.27. The second-order valence-corrected chi connectivity index (χ2v) is 9.13. The van der Waals surface area contributed by atoms with E-state index in [1.807, 2.05) is 13.9 Å². The highest BCUT2D eigenvalue weighted by Crippen LogP contribution is 2.32. The fourth-order valence-electron chi connectivity index (χ4n) is 4.85. The van der Waals surface area contributed by atoms with Gasteiger partial charge in [-0.05, 0) is 29.1 Å². The first kappa shape index (κ1) is 22.6. The highest BCUT2D eigenvalue weighted by Gasteiger charge is 2.40. The van der Waals surface area contributed by atoms with E-state index < -0.39 is 11.9 Å². The van der Waals surface area contributed by atoms with Crippen molar-refractivity contribution in [2.45, 2.75) is 38.6 Å². The number of rotatable bonds is 6. The van der Waals surface area contributed by atoms with Gasteiger partial charge in [-0.25, -0.2) is 0 Å². The van der Waals surface area contributed by atoms with Crippen LogP contribution in [-0.4, -0.2) is 67.7 Å². The maximum atomic E-state index is 13.1. The molecular weight excluding hydrogens is 433 g/mol. The van der Waals surface area contributed by atoms with Crippen LogP contribution in [0.25, 0.3) is 0 Å². The molecule has 2 aromatic rings. The van der Waals surface area contributed by atoms with Crippen LogP contribution in [0.2, 0.25) is 0 Å². The maximum Gasteiger partial charge on any atom is 0.255 e. The summed E-state index contributed by atoms with van der Waals surface area (Å²) >= 11 is 0. The van der Waals surface area contributed by atoms with Gasteiger partial charge < -0.3 is 14.4 Å². The zero-order valence-corrected chi connectivity index (χ0v) is 19.3. The number of piperidine rings is 1. The summed E-state index contributed by atoms with van der Waals surface area (Å²) in [5.41, 5.74) is 4.62. The Labute approximate surface area is 199 Å². The van der Waals surface area contributed by atoms with Gasteiger partial charge in [-0.3, -0.25) is 24.6 Å². The summed E-state index contributed by atoms with van der Waals surface area (Å²) in [6.07, 6.45) is 0.580. The summed E-state index contributed by atoms with van der Waals surface area (Å²) in [6, 6.07) is 11.5. The predicted octanol–water partition coefficient (Wildman–Crippen LogP) is 0.117. The SMILES string of the molecule is Bc1ccc2c(c1OCc1ccc(CN3CCOCC3)cc1)CN(C1CCC(=O)NC1=O)C2=O. The molecule has 0 spiro atoms. The Kier molecular flexibility index (Phi) is 6.39. The summed E-state index contributed by atoms with van der Waals surface area (Å²) in [5, 5.41) is 2.34. The minimum Gasteiger partial charge on any atom is -0.489 e. The lowest BCUT2D eigenvalue weighted by Crippen LogP contribution is -2.52. The molecule has 3 aliphatic rings. The van der Waals surface area contributed by atoms with Gasteiger partial charge in [-0.1, -0.05) is 30.3 Å². The van der Waals surface area contributed by atoms with Crippen LogP contribution in [0, 0.1) is 0 Å². The molecule has 9 heteroatoms.